The molecule has 0 aliphatic rings. The summed E-state index contributed by atoms with van der Waals surface area (Å²) in [5.41, 5.74) is 3.27. The first-order valence-corrected chi connectivity index (χ1v) is 11.8. The number of rotatable bonds is 10. The molecule has 0 heterocycles. The summed E-state index contributed by atoms with van der Waals surface area (Å²) in [6, 6.07) is 23.5. The number of benzene rings is 3. The highest BCUT2D eigenvalue weighted by molar-refractivity contribution is 5.98. The van der Waals surface area contributed by atoms with Gasteiger partial charge in [-0.1, -0.05) is 42.5 Å². The predicted molar refractivity (Wildman–Crippen MR) is 140 cm³/mol. The summed E-state index contributed by atoms with van der Waals surface area (Å²) < 4.78 is 0. The predicted octanol–water partition coefficient (Wildman–Crippen LogP) is 4.71. The van der Waals surface area contributed by atoms with Gasteiger partial charge in [-0.15, -0.1) is 0 Å². The zero-order chi connectivity index (χ0) is 25.2. The number of nitrogens with zero attached hydrogens (tertiary/aromatic N) is 1. The van der Waals surface area contributed by atoms with Crippen LogP contribution in [-0.4, -0.2) is 42.3 Å². The second kappa shape index (κ2) is 12.4. The molecule has 35 heavy (non-hydrogen) atoms. The highest BCUT2D eigenvalue weighted by atomic mass is 16.2. The maximum absolute atomic E-state index is 12.7. The lowest BCUT2D eigenvalue weighted by Gasteiger charge is -2.19. The van der Waals surface area contributed by atoms with Gasteiger partial charge in [0.25, 0.3) is 11.8 Å². The molecule has 3 aromatic rings. The van der Waals surface area contributed by atoms with E-state index >= 15 is 0 Å². The Morgan fingerprint density at radius 2 is 1.43 bits per heavy atom. The molecule has 1 unspecified atom stereocenters. The Labute approximate surface area is 206 Å². The van der Waals surface area contributed by atoms with E-state index in [0.29, 0.717) is 35.6 Å². The fourth-order valence-corrected chi connectivity index (χ4v) is 3.69. The highest BCUT2D eigenvalue weighted by Crippen LogP contribution is 2.16. The van der Waals surface area contributed by atoms with Crippen molar-refractivity contribution in [3.63, 3.8) is 0 Å². The van der Waals surface area contributed by atoms with Crippen LogP contribution >= 0.6 is 0 Å². The van der Waals surface area contributed by atoms with Gasteiger partial charge >= 0.3 is 0 Å². The van der Waals surface area contributed by atoms with Crippen molar-refractivity contribution < 1.29 is 14.4 Å². The van der Waals surface area contributed by atoms with Gasteiger partial charge < -0.3 is 20.9 Å². The number of anilines is 2. The smallest absolute Gasteiger partial charge is 0.253 e. The van der Waals surface area contributed by atoms with Crippen molar-refractivity contribution in [3.8, 4) is 0 Å². The molecule has 3 N–H and O–H groups in total. The van der Waals surface area contributed by atoms with E-state index in [0.717, 1.165) is 5.56 Å². The van der Waals surface area contributed by atoms with Crippen LogP contribution in [0.4, 0.5) is 11.4 Å². The Morgan fingerprint density at radius 1 is 0.800 bits per heavy atom. The Bertz CT molecular complexity index is 1160. The SMILES string of the molecule is CCN(CC)C(=O)c1cccc(NC(=O)CNc2cccc(C(=O)NC(C)c3ccccc3)c2)c1. The average Bonchev–Trinajstić information content (AvgIpc) is 2.89. The molecule has 7 nitrogen and oxygen atoms in total. The molecule has 3 amide bonds. The first-order valence-electron chi connectivity index (χ1n) is 11.8. The molecular formula is C28H32N4O3. The Kier molecular flexibility index (Phi) is 9.01. The number of hydrogen-bond donors (Lipinski definition) is 3. The zero-order valence-electron chi connectivity index (χ0n) is 20.4. The molecule has 0 saturated carbocycles. The lowest BCUT2D eigenvalue weighted by Crippen LogP contribution is -2.30. The normalized spacial score (nSPS) is 11.3. The second-order valence-electron chi connectivity index (χ2n) is 8.15. The first-order chi connectivity index (χ1) is 16.9. The molecule has 0 aliphatic heterocycles. The van der Waals surface area contributed by atoms with Gasteiger partial charge in [0.2, 0.25) is 5.91 Å². The van der Waals surface area contributed by atoms with Gasteiger partial charge in [0.15, 0.2) is 0 Å². The highest BCUT2D eigenvalue weighted by Gasteiger charge is 2.14. The molecule has 0 aromatic heterocycles. The van der Waals surface area contributed by atoms with Crippen molar-refractivity contribution in [2.45, 2.75) is 26.8 Å². The van der Waals surface area contributed by atoms with Crippen LogP contribution in [0, 0.1) is 0 Å². The molecule has 0 radical (unpaired) electrons. The molecule has 0 spiro atoms. The first kappa shape index (κ1) is 25.5. The summed E-state index contributed by atoms with van der Waals surface area (Å²) in [7, 11) is 0. The third-order valence-electron chi connectivity index (χ3n) is 5.67. The standard InChI is InChI=1S/C28H32N4O3/c1-4-32(5-2)28(35)23-14-10-16-25(18-23)31-26(33)19-29-24-15-9-13-22(17-24)27(34)30-20(3)21-11-7-6-8-12-21/h6-18,20,29H,4-5,19H2,1-3H3,(H,30,34)(H,31,33). The van der Waals surface area contributed by atoms with Gasteiger partial charge in [-0.25, -0.2) is 0 Å². The largest absolute Gasteiger partial charge is 0.376 e. The van der Waals surface area contributed by atoms with E-state index in [1.807, 2.05) is 51.1 Å². The van der Waals surface area contributed by atoms with Gasteiger partial charge in [-0.2, -0.15) is 0 Å². The monoisotopic (exact) mass is 472 g/mol. The minimum atomic E-state index is -0.259. The van der Waals surface area contributed by atoms with Crippen LogP contribution in [0.3, 0.4) is 0 Å². The average molecular weight is 473 g/mol. The van der Waals surface area contributed by atoms with Crippen molar-refractivity contribution in [1.29, 1.82) is 0 Å². The zero-order valence-corrected chi connectivity index (χ0v) is 20.4. The third-order valence-corrected chi connectivity index (χ3v) is 5.67. The van der Waals surface area contributed by atoms with Crippen molar-refractivity contribution >= 4 is 29.1 Å². The summed E-state index contributed by atoms with van der Waals surface area (Å²) in [6.45, 7) is 7.06. The van der Waals surface area contributed by atoms with Gasteiger partial charge in [-0.05, 0) is 62.7 Å². The van der Waals surface area contributed by atoms with Crippen LogP contribution in [0.5, 0.6) is 0 Å². The summed E-state index contributed by atoms with van der Waals surface area (Å²) in [5, 5.41) is 8.86. The van der Waals surface area contributed by atoms with E-state index in [1.54, 1.807) is 53.4 Å². The maximum atomic E-state index is 12.7. The van der Waals surface area contributed by atoms with Crippen LogP contribution in [0.1, 0.15) is 53.1 Å². The molecule has 1 atom stereocenters. The summed E-state index contributed by atoms with van der Waals surface area (Å²) in [4.78, 5) is 39.5. The van der Waals surface area contributed by atoms with E-state index in [1.165, 1.54) is 0 Å². The Balaban J connectivity index is 1.56. The second-order valence-corrected chi connectivity index (χ2v) is 8.15. The summed E-state index contributed by atoms with van der Waals surface area (Å²) >= 11 is 0. The molecule has 7 heteroatoms. The maximum Gasteiger partial charge on any atom is 0.253 e. The topological polar surface area (TPSA) is 90.5 Å². The fourth-order valence-electron chi connectivity index (χ4n) is 3.69. The van der Waals surface area contributed by atoms with Crippen LogP contribution in [0.25, 0.3) is 0 Å². The number of carbonyl (C=O) groups excluding carboxylic acids is 3. The summed E-state index contributed by atoms with van der Waals surface area (Å²) in [6.07, 6.45) is 0. The van der Waals surface area contributed by atoms with Crippen LogP contribution < -0.4 is 16.0 Å². The van der Waals surface area contributed by atoms with E-state index in [-0.39, 0.29) is 30.3 Å². The third kappa shape index (κ3) is 7.17. The molecule has 3 rings (SSSR count). The van der Waals surface area contributed by atoms with Gasteiger partial charge in [-0.3, -0.25) is 14.4 Å². The van der Waals surface area contributed by atoms with E-state index < -0.39 is 0 Å². The minimum absolute atomic E-state index is 0.0136. The number of amides is 3. The van der Waals surface area contributed by atoms with E-state index in [9.17, 15) is 14.4 Å². The number of hydrogen-bond acceptors (Lipinski definition) is 4. The van der Waals surface area contributed by atoms with Crippen molar-refractivity contribution in [1.82, 2.24) is 10.2 Å². The number of nitrogens with one attached hydrogen (secondary N) is 3. The van der Waals surface area contributed by atoms with Crippen molar-refractivity contribution in [2.24, 2.45) is 0 Å². The number of carbonyl (C=O) groups is 3. The van der Waals surface area contributed by atoms with Crippen molar-refractivity contribution in [2.75, 3.05) is 30.3 Å². The minimum Gasteiger partial charge on any atom is -0.376 e. The molecule has 3 aromatic carbocycles. The lowest BCUT2D eigenvalue weighted by molar-refractivity contribution is -0.114. The molecule has 0 bridgehead atoms. The van der Waals surface area contributed by atoms with E-state index in [2.05, 4.69) is 16.0 Å². The molecule has 0 aliphatic carbocycles. The lowest BCUT2D eigenvalue weighted by atomic mass is 10.1. The van der Waals surface area contributed by atoms with Crippen LogP contribution in [0.2, 0.25) is 0 Å². The molecule has 0 saturated heterocycles. The van der Waals surface area contributed by atoms with Crippen LogP contribution in [0.15, 0.2) is 78.9 Å². The molecule has 0 fully saturated rings. The molecular weight excluding hydrogens is 440 g/mol. The summed E-state index contributed by atoms with van der Waals surface area (Å²) in [5.74, 6) is -0.518. The Hall–Kier alpha value is -4.13. The quantitative estimate of drug-likeness (QED) is 0.399. The van der Waals surface area contributed by atoms with Gasteiger partial charge in [0.05, 0.1) is 12.6 Å². The van der Waals surface area contributed by atoms with Crippen molar-refractivity contribution in [3.05, 3.63) is 95.6 Å². The Morgan fingerprint density at radius 3 is 2.11 bits per heavy atom. The van der Waals surface area contributed by atoms with Gasteiger partial charge in [0, 0.05) is 35.6 Å². The van der Waals surface area contributed by atoms with E-state index in [4.69, 9.17) is 0 Å². The van der Waals surface area contributed by atoms with Gasteiger partial charge in [0.1, 0.15) is 0 Å². The molecule has 182 valence electrons. The fraction of sp³-hybridized carbons (Fsp3) is 0.250. The van der Waals surface area contributed by atoms with Crippen LogP contribution in [-0.2, 0) is 4.79 Å².